The highest BCUT2D eigenvalue weighted by Crippen LogP contribution is 2.32. The lowest BCUT2D eigenvalue weighted by molar-refractivity contribution is 0.0933. The molecule has 0 aliphatic carbocycles. The Hall–Kier alpha value is -1.46. The van der Waals surface area contributed by atoms with E-state index in [-0.39, 0.29) is 31.1 Å². The fraction of sp³-hybridized carbons (Fsp3) is 0.500. The molecule has 0 saturated heterocycles. The summed E-state index contributed by atoms with van der Waals surface area (Å²) >= 11 is 0. The van der Waals surface area contributed by atoms with Gasteiger partial charge in [-0.2, -0.15) is 0 Å². The first kappa shape index (κ1) is 16.6. The van der Waals surface area contributed by atoms with Crippen molar-refractivity contribution < 1.29 is 14.3 Å². The number of nitrogens with one attached hydrogen (secondary N) is 1. The highest BCUT2D eigenvalue weighted by Gasteiger charge is 2.18. The normalized spacial score (nSPS) is 13.8. The molecule has 2 rings (SSSR count). The Morgan fingerprint density at radius 3 is 2.70 bits per heavy atom. The maximum Gasteiger partial charge on any atom is 0.251 e. The van der Waals surface area contributed by atoms with Crippen LogP contribution in [0.1, 0.15) is 30.6 Å². The standard InChI is InChI=1S/C14H20N2O3.ClH/c1-9(2)5-11(7-15)16-14(17)10-3-4-12-13(6-10)19-8-18-12;/h3-4,6,9,11H,5,7-8,15H2,1-2H3,(H,16,17);1H. The first-order chi connectivity index (χ1) is 9.10. The summed E-state index contributed by atoms with van der Waals surface area (Å²) in [6.45, 7) is 4.86. The van der Waals surface area contributed by atoms with Crippen LogP contribution in [0.15, 0.2) is 18.2 Å². The fourth-order valence-corrected chi connectivity index (χ4v) is 2.09. The molecule has 0 aromatic heterocycles. The van der Waals surface area contributed by atoms with E-state index in [1.54, 1.807) is 18.2 Å². The molecule has 3 N–H and O–H groups in total. The molecule has 1 aromatic carbocycles. The molecule has 0 fully saturated rings. The molecule has 1 aliphatic heterocycles. The number of halogens is 1. The van der Waals surface area contributed by atoms with Gasteiger partial charge in [0, 0.05) is 18.2 Å². The van der Waals surface area contributed by atoms with Gasteiger partial charge < -0.3 is 20.5 Å². The average Bonchev–Trinajstić information content (AvgIpc) is 2.84. The number of hydrogen-bond acceptors (Lipinski definition) is 4. The molecule has 0 spiro atoms. The molecule has 1 unspecified atom stereocenters. The molecule has 0 saturated carbocycles. The minimum Gasteiger partial charge on any atom is -0.454 e. The van der Waals surface area contributed by atoms with E-state index in [2.05, 4.69) is 19.2 Å². The van der Waals surface area contributed by atoms with E-state index in [9.17, 15) is 4.79 Å². The number of ether oxygens (including phenoxy) is 2. The summed E-state index contributed by atoms with van der Waals surface area (Å²) in [6.07, 6.45) is 0.868. The van der Waals surface area contributed by atoms with Gasteiger partial charge in [0.1, 0.15) is 0 Å². The highest BCUT2D eigenvalue weighted by molar-refractivity contribution is 5.95. The summed E-state index contributed by atoms with van der Waals surface area (Å²) in [5.74, 6) is 1.65. The van der Waals surface area contributed by atoms with Crippen LogP contribution in [0.3, 0.4) is 0 Å². The molecule has 1 aliphatic rings. The summed E-state index contributed by atoms with van der Waals surface area (Å²) in [5.41, 5.74) is 6.24. The number of carbonyl (C=O) groups excluding carboxylic acids is 1. The van der Waals surface area contributed by atoms with E-state index in [0.29, 0.717) is 29.5 Å². The van der Waals surface area contributed by atoms with Crippen molar-refractivity contribution in [2.24, 2.45) is 11.7 Å². The summed E-state index contributed by atoms with van der Waals surface area (Å²) in [7, 11) is 0. The second kappa shape index (κ2) is 7.36. The molecule has 5 nitrogen and oxygen atoms in total. The molecule has 20 heavy (non-hydrogen) atoms. The van der Waals surface area contributed by atoms with Crippen LogP contribution < -0.4 is 20.5 Å². The summed E-state index contributed by atoms with van der Waals surface area (Å²) in [4.78, 5) is 12.1. The van der Waals surface area contributed by atoms with E-state index < -0.39 is 0 Å². The number of benzene rings is 1. The molecule has 112 valence electrons. The predicted octanol–water partition coefficient (Wildman–Crippen LogP) is 1.94. The van der Waals surface area contributed by atoms with Gasteiger partial charge in [0.2, 0.25) is 6.79 Å². The van der Waals surface area contributed by atoms with Crippen LogP contribution in [0.4, 0.5) is 0 Å². The minimum atomic E-state index is -0.130. The van der Waals surface area contributed by atoms with Crippen LogP contribution in [0.2, 0.25) is 0 Å². The van der Waals surface area contributed by atoms with Gasteiger partial charge >= 0.3 is 0 Å². The van der Waals surface area contributed by atoms with Gasteiger partial charge in [-0.25, -0.2) is 0 Å². The van der Waals surface area contributed by atoms with Crippen molar-refractivity contribution in [1.82, 2.24) is 5.32 Å². The maximum absolute atomic E-state index is 12.1. The molecule has 1 heterocycles. The summed E-state index contributed by atoms with van der Waals surface area (Å²) in [6, 6.07) is 5.17. The Morgan fingerprint density at radius 2 is 2.05 bits per heavy atom. The molecule has 1 aromatic rings. The topological polar surface area (TPSA) is 73.6 Å². The third-order valence-corrected chi connectivity index (χ3v) is 3.01. The molecule has 0 radical (unpaired) electrons. The summed E-state index contributed by atoms with van der Waals surface area (Å²) in [5, 5.41) is 2.95. The predicted molar refractivity (Wildman–Crippen MR) is 79.6 cm³/mol. The number of amides is 1. The molecule has 6 heteroatoms. The van der Waals surface area contributed by atoms with Crippen LogP contribution in [-0.4, -0.2) is 25.3 Å². The monoisotopic (exact) mass is 300 g/mol. The van der Waals surface area contributed by atoms with Crippen LogP contribution >= 0.6 is 12.4 Å². The molecule has 1 atom stereocenters. The van der Waals surface area contributed by atoms with Gasteiger partial charge in [0.15, 0.2) is 11.5 Å². The quantitative estimate of drug-likeness (QED) is 0.871. The largest absolute Gasteiger partial charge is 0.454 e. The van der Waals surface area contributed by atoms with E-state index >= 15 is 0 Å². The Labute approximate surface area is 125 Å². The van der Waals surface area contributed by atoms with Crippen molar-refractivity contribution in [3.8, 4) is 11.5 Å². The lowest BCUT2D eigenvalue weighted by Gasteiger charge is -2.18. The van der Waals surface area contributed by atoms with Gasteiger partial charge in [-0.3, -0.25) is 4.79 Å². The third kappa shape index (κ3) is 4.02. The van der Waals surface area contributed by atoms with Crippen molar-refractivity contribution in [2.75, 3.05) is 13.3 Å². The third-order valence-electron chi connectivity index (χ3n) is 3.01. The number of hydrogen-bond donors (Lipinski definition) is 2. The van der Waals surface area contributed by atoms with Gasteiger partial charge in [-0.15, -0.1) is 12.4 Å². The summed E-state index contributed by atoms with van der Waals surface area (Å²) < 4.78 is 10.5. The van der Waals surface area contributed by atoms with Gasteiger partial charge in [0.25, 0.3) is 5.91 Å². The maximum atomic E-state index is 12.1. The van der Waals surface area contributed by atoms with Crippen LogP contribution in [0.25, 0.3) is 0 Å². The van der Waals surface area contributed by atoms with Crippen molar-refractivity contribution >= 4 is 18.3 Å². The van der Waals surface area contributed by atoms with Crippen molar-refractivity contribution in [3.05, 3.63) is 23.8 Å². The van der Waals surface area contributed by atoms with E-state index in [1.807, 2.05) is 0 Å². The van der Waals surface area contributed by atoms with E-state index in [4.69, 9.17) is 15.2 Å². The lowest BCUT2D eigenvalue weighted by atomic mass is 10.0. The minimum absolute atomic E-state index is 0. The van der Waals surface area contributed by atoms with E-state index in [0.717, 1.165) is 6.42 Å². The smallest absolute Gasteiger partial charge is 0.251 e. The van der Waals surface area contributed by atoms with Crippen molar-refractivity contribution in [2.45, 2.75) is 26.3 Å². The van der Waals surface area contributed by atoms with Crippen molar-refractivity contribution in [1.29, 1.82) is 0 Å². The highest BCUT2D eigenvalue weighted by atomic mass is 35.5. The Bertz CT molecular complexity index is 466. The number of nitrogens with two attached hydrogens (primary N) is 1. The Kier molecular flexibility index (Phi) is 6.10. The molecule has 0 bridgehead atoms. The Balaban J connectivity index is 0.00000200. The zero-order valence-corrected chi connectivity index (χ0v) is 12.5. The number of rotatable bonds is 5. The second-order valence-electron chi connectivity index (χ2n) is 5.10. The first-order valence-corrected chi connectivity index (χ1v) is 6.50. The zero-order chi connectivity index (χ0) is 13.8. The zero-order valence-electron chi connectivity index (χ0n) is 11.7. The fourth-order valence-electron chi connectivity index (χ4n) is 2.09. The second-order valence-corrected chi connectivity index (χ2v) is 5.10. The van der Waals surface area contributed by atoms with Gasteiger partial charge in [-0.1, -0.05) is 13.8 Å². The molecule has 1 amide bonds. The van der Waals surface area contributed by atoms with Gasteiger partial charge in [0.05, 0.1) is 0 Å². The first-order valence-electron chi connectivity index (χ1n) is 6.50. The number of carbonyl (C=O) groups is 1. The lowest BCUT2D eigenvalue weighted by Crippen LogP contribution is -2.41. The van der Waals surface area contributed by atoms with Gasteiger partial charge in [-0.05, 0) is 30.5 Å². The molecular weight excluding hydrogens is 280 g/mol. The number of fused-ring (bicyclic) bond motifs is 1. The average molecular weight is 301 g/mol. The van der Waals surface area contributed by atoms with Crippen LogP contribution in [-0.2, 0) is 0 Å². The van der Waals surface area contributed by atoms with Crippen LogP contribution in [0.5, 0.6) is 11.5 Å². The molecular formula is C14H21ClN2O3. The Morgan fingerprint density at radius 1 is 1.35 bits per heavy atom. The van der Waals surface area contributed by atoms with Crippen LogP contribution in [0, 0.1) is 5.92 Å². The van der Waals surface area contributed by atoms with Crippen molar-refractivity contribution in [3.63, 3.8) is 0 Å². The van der Waals surface area contributed by atoms with E-state index in [1.165, 1.54) is 0 Å². The SMILES string of the molecule is CC(C)CC(CN)NC(=O)c1ccc2c(c1)OCO2.Cl.